The summed E-state index contributed by atoms with van der Waals surface area (Å²) < 4.78 is 75.8. The largest absolute Gasteiger partial charge is 0.394 e. The third-order valence-electron chi connectivity index (χ3n) is 15.3. The molecular formula is C46H78N2O34. The Balaban J connectivity index is 1.14. The van der Waals surface area contributed by atoms with Crippen LogP contribution in [0.1, 0.15) is 27.7 Å². The monoisotopic (exact) mass is 1200 g/mol. The van der Waals surface area contributed by atoms with Crippen molar-refractivity contribution in [1.29, 1.82) is 0 Å². The number of carbonyl (C=O) groups excluding carboxylic acids is 2. The Labute approximate surface area is 465 Å². The maximum atomic E-state index is 12.8. The van der Waals surface area contributed by atoms with Gasteiger partial charge in [0.05, 0.1) is 45.2 Å². The third kappa shape index (κ3) is 14.3. The predicted octanol–water partition coefficient (Wildman–Crippen LogP) is -13.9. The molecule has 2 amide bonds. The fourth-order valence-electron chi connectivity index (χ4n) is 10.5. The molecule has 21 N–H and O–H groups in total. The van der Waals surface area contributed by atoms with Gasteiger partial charge in [0.1, 0.15) is 159 Å². The van der Waals surface area contributed by atoms with Crippen LogP contribution in [0.5, 0.6) is 0 Å². The van der Waals surface area contributed by atoms with Gasteiger partial charge in [0.2, 0.25) is 11.8 Å². The Bertz CT molecular complexity index is 2030. The molecule has 0 aromatic heterocycles. The first-order chi connectivity index (χ1) is 38.7. The minimum Gasteiger partial charge on any atom is -0.394 e. The SMILES string of the molecule is CC(=O)N[C@H]1[C@H](OC[C@H]2OC(O)[C@H](NC(C)=O)[C@@H](O[C@@H]3O[C@H](CO)[C@H](O)[C@H](O)[C@H]3O[C@@H]3O[C@@H](C)[C@@H](O)[C@@H](O)[C@@H]3O)[C@H]2O)O[C@H](CO)[C@@H](O[C@@H]2O[C@H](CO)[C@H](O)[C@H](O[C@H]3O[C@H](CO)[C@H](O)[C@H](O)[C@H]3O)[C@H]2O[C@@H]2O[C@@H](C)[C@@H](O)[C@@H](O)[C@@H]2O)[C@@H]1O. The molecule has 82 heavy (non-hydrogen) atoms. The topological polar surface area (TPSA) is 563 Å². The summed E-state index contributed by atoms with van der Waals surface area (Å²) in [6.07, 6.45) is -62.0. The standard InChI is InChI=1S/C46H78N2O34/c1-10-21(55)28(62)32(66)42(71-10)81-38-31(65)24(58)15(6-50)75-45(38)79-36-20(48-13(4)54)40(69)73-18(26(36)60)9-70-41-19(47-12(3)53)27(61)35(17(8-52)77-41)78-46-39(82-43-33(67)29(63)22(56)11(2)72-43)37(25(59)16(7-51)76-46)80-44-34(68)30(64)23(57)14(5-49)74-44/h10-11,14-46,49-52,55-69H,5-9H2,1-4H3,(H,47,53)(H,48,54)/t10-,11-,14+,15+,16+,17+,18+,19+,20+,21+,22+,23-,24-,25-,26-,27+,28+,29+,30-,31-,32-,33-,34+,35+,36+,37-,38+,39+,40?,41+,42-,43-,44+,45-,46-/m0/s1. The van der Waals surface area contributed by atoms with E-state index in [1.54, 1.807) is 0 Å². The molecule has 35 atom stereocenters. The molecule has 7 rings (SSSR count). The van der Waals surface area contributed by atoms with Crippen LogP contribution in [0.3, 0.4) is 0 Å². The summed E-state index contributed by atoms with van der Waals surface area (Å²) in [4.78, 5) is 25.3. The Kier molecular flexibility index (Phi) is 23.5. The zero-order valence-electron chi connectivity index (χ0n) is 44.4. The van der Waals surface area contributed by atoms with Crippen molar-refractivity contribution in [2.45, 2.75) is 243 Å². The van der Waals surface area contributed by atoms with Crippen molar-refractivity contribution >= 4 is 11.8 Å². The molecule has 1 unspecified atom stereocenters. The lowest BCUT2D eigenvalue weighted by atomic mass is 9.94. The Morgan fingerprint density at radius 1 is 0.341 bits per heavy atom. The maximum absolute atomic E-state index is 12.8. The first-order valence-electron chi connectivity index (χ1n) is 26.3. The fraction of sp³-hybridized carbons (Fsp3) is 0.957. The van der Waals surface area contributed by atoms with E-state index in [1.165, 1.54) is 13.8 Å². The van der Waals surface area contributed by atoms with Gasteiger partial charge in [-0.15, -0.1) is 0 Å². The number of hydrogen-bond acceptors (Lipinski definition) is 34. The van der Waals surface area contributed by atoms with Crippen molar-refractivity contribution in [3.05, 3.63) is 0 Å². The van der Waals surface area contributed by atoms with Crippen LogP contribution in [0.4, 0.5) is 0 Å². The van der Waals surface area contributed by atoms with Crippen LogP contribution in [-0.4, -0.2) is 357 Å². The summed E-state index contributed by atoms with van der Waals surface area (Å²) >= 11 is 0. The molecule has 0 spiro atoms. The molecule has 7 aliphatic rings. The van der Waals surface area contributed by atoms with Gasteiger partial charge in [-0.25, -0.2) is 0 Å². The van der Waals surface area contributed by atoms with Crippen LogP contribution in [0.2, 0.25) is 0 Å². The van der Waals surface area contributed by atoms with E-state index in [0.717, 1.165) is 13.8 Å². The first kappa shape index (κ1) is 67.2. The molecule has 0 aromatic rings. The van der Waals surface area contributed by atoms with Gasteiger partial charge in [0.15, 0.2) is 44.0 Å². The quantitative estimate of drug-likeness (QED) is 0.0571. The van der Waals surface area contributed by atoms with Gasteiger partial charge in [-0.1, -0.05) is 0 Å². The highest BCUT2D eigenvalue weighted by molar-refractivity contribution is 5.73. The van der Waals surface area contributed by atoms with E-state index in [4.69, 9.17) is 61.6 Å². The smallest absolute Gasteiger partial charge is 0.217 e. The van der Waals surface area contributed by atoms with Gasteiger partial charge in [-0.3, -0.25) is 9.59 Å². The second-order valence-corrected chi connectivity index (χ2v) is 21.0. The van der Waals surface area contributed by atoms with Gasteiger partial charge in [0, 0.05) is 13.8 Å². The van der Waals surface area contributed by atoms with E-state index in [9.17, 15) is 107 Å². The Morgan fingerprint density at radius 3 is 1.23 bits per heavy atom. The summed E-state index contributed by atoms with van der Waals surface area (Å²) in [6, 6.07) is -3.48. The van der Waals surface area contributed by atoms with Gasteiger partial charge in [0.25, 0.3) is 0 Å². The summed E-state index contributed by atoms with van der Waals surface area (Å²) in [5.74, 6) is -1.67. The molecule has 36 nitrogen and oxygen atoms in total. The highest BCUT2D eigenvalue weighted by Crippen LogP contribution is 2.38. The Morgan fingerprint density at radius 2 is 0.720 bits per heavy atom. The molecule has 7 saturated heterocycles. The van der Waals surface area contributed by atoms with Crippen molar-refractivity contribution in [2.75, 3.05) is 33.0 Å². The van der Waals surface area contributed by atoms with Gasteiger partial charge in [-0.2, -0.15) is 0 Å². The van der Waals surface area contributed by atoms with Gasteiger partial charge < -0.3 is 169 Å². The van der Waals surface area contributed by atoms with Crippen molar-refractivity contribution < 1.29 is 168 Å². The van der Waals surface area contributed by atoms with E-state index in [1.807, 2.05) is 0 Å². The predicted molar refractivity (Wildman–Crippen MR) is 252 cm³/mol. The molecule has 7 aliphatic heterocycles. The van der Waals surface area contributed by atoms with Crippen molar-refractivity contribution in [3.63, 3.8) is 0 Å². The molecule has 36 heteroatoms. The summed E-state index contributed by atoms with van der Waals surface area (Å²) in [5, 5.41) is 210. The summed E-state index contributed by atoms with van der Waals surface area (Å²) in [7, 11) is 0. The summed E-state index contributed by atoms with van der Waals surface area (Å²) in [5.41, 5.74) is 0. The molecule has 0 aromatic carbocycles. The van der Waals surface area contributed by atoms with Crippen LogP contribution in [0.15, 0.2) is 0 Å². The number of carbonyl (C=O) groups is 2. The Hall–Kier alpha value is -2.34. The van der Waals surface area contributed by atoms with Crippen LogP contribution in [-0.2, 0) is 71.2 Å². The second-order valence-electron chi connectivity index (χ2n) is 21.0. The number of rotatable bonds is 19. The van der Waals surface area contributed by atoms with E-state index in [2.05, 4.69) is 10.6 Å². The molecular weight excluding hydrogens is 1120 g/mol. The van der Waals surface area contributed by atoms with E-state index >= 15 is 0 Å². The van der Waals surface area contributed by atoms with Crippen molar-refractivity contribution in [1.82, 2.24) is 10.6 Å². The fourth-order valence-corrected chi connectivity index (χ4v) is 10.5. The third-order valence-corrected chi connectivity index (χ3v) is 15.3. The normalized spacial score (nSPS) is 51.3. The number of ether oxygens (including phenoxy) is 13. The van der Waals surface area contributed by atoms with Gasteiger partial charge in [-0.05, 0) is 13.8 Å². The lowest BCUT2D eigenvalue weighted by molar-refractivity contribution is -0.403. The number of nitrogens with one attached hydrogen (secondary N) is 2. The highest BCUT2D eigenvalue weighted by atomic mass is 16.8. The van der Waals surface area contributed by atoms with Crippen molar-refractivity contribution in [3.8, 4) is 0 Å². The molecule has 0 saturated carbocycles. The van der Waals surface area contributed by atoms with Crippen molar-refractivity contribution in [2.24, 2.45) is 0 Å². The molecule has 7 heterocycles. The number of amides is 2. The number of aliphatic hydroxyl groups excluding tert-OH is 19. The number of hydrogen-bond donors (Lipinski definition) is 21. The van der Waals surface area contributed by atoms with Crippen LogP contribution in [0, 0.1) is 0 Å². The zero-order chi connectivity index (χ0) is 60.5. The van der Waals surface area contributed by atoms with Gasteiger partial charge >= 0.3 is 0 Å². The number of aliphatic hydroxyl groups is 19. The zero-order valence-corrected chi connectivity index (χ0v) is 44.4. The molecule has 0 radical (unpaired) electrons. The second kappa shape index (κ2) is 28.7. The highest BCUT2D eigenvalue weighted by Gasteiger charge is 2.59. The molecule has 476 valence electrons. The van der Waals surface area contributed by atoms with Crippen LogP contribution in [0.25, 0.3) is 0 Å². The minimum atomic E-state index is -2.12. The lowest BCUT2D eigenvalue weighted by Crippen LogP contribution is -2.70. The lowest BCUT2D eigenvalue weighted by Gasteiger charge is -2.51. The minimum absolute atomic E-state index is 0.816. The average Bonchev–Trinajstić information content (AvgIpc) is 2.77. The summed E-state index contributed by atoms with van der Waals surface area (Å²) in [6.45, 7) is -0.272. The van der Waals surface area contributed by atoms with Crippen LogP contribution < -0.4 is 10.6 Å². The van der Waals surface area contributed by atoms with Crippen LogP contribution >= 0.6 is 0 Å². The first-order valence-corrected chi connectivity index (χ1v) is 26.3. The van der Waals surface area contributed by atoms with E-state index in [0.29, 0.717) is 0 Å². The van der Waals surface area contributed by atoms with E-state index < -0.39 is 260 Å². The molecule has 0 bridgehead atoms. The van der Waals surface area contributed by atoms with E-state index in [-0.39, 0.29) is 0 Å². The average molecular weight is 1200 g/mol. The maximum Gasteiger partial charge on any atom is 0.217 e. The molecule has 7 fully saturated rings. The molecule has 0 aliphatic carbocycles.